The summed E-state index contributed by atoms with van der Waals surface area (Å²) < 4.78 is 2.14. The number of rotatable bonds is 6. The fourth-order valence-electron chi connectivity index (χ4n) is 11.2. The van der Waals surface area contributed by atoms with E-state index in [-0.39, 0.29) is 0 Å². The molecule has 1 spiro atoms. The number of aromatic nitrogens is 5. The van der Waals surface area contributed by atoms with Crippen molar-refractivity contribution in [2.75, 3.05) is 0 Å². The van der Waals surface area contributed by atoms with Crippen molar-refractivity contribution < 1.29 is 0 Å². The van der Waals surface area contributed by atoms with Gasteiger partial charge in [0.15, 0.2) is 17.5 Å². The van der Waals surface area contributed by atoms with Crippen LogP contribution in [0.15, 0.2) is 237 Å². The molecule has 3 aromatic heterocycles. The third-order valence-electron chi connectivity index (χ3n) is 14.1. The maximum Gasteiger partial charge on any atom is 0.164 e. The average Bonchev–Trinajstić information content (AvgIpc) is 4.07. The van der Waals surface area contributed by atoms with Gasteiger partial charge in [-0.2, -0.15) is 5.10 Å². The minimum atomic E-state index is -0.488. The monoisotopic (exact) mass is 865 g/mol. The first kappa shape index (κ1) is 38.2. The second-order valence-corrected chi connectivity index (χ2v) is 17.7. The van der Waals surface area contributed by atoms with E-state index >= 15 is 0 Å². The van der Waals surface area contributed by atoms with Gasteiger partial charge in [-0.05, 0) is 73.7 Å². The largest absolute Gasteiger partial charge is 0.231 e. The molecule has 68 heavy (non-hydrogen) atoms. The van der Waals surface area contributed by atoms with Gasteiger partial charge in [0.1, 0.15) is 5.69 Å². The van der Waals surface area contributed by atoms with E-state index in [1.54, 1.807) is 0 Å². The van der Waals surface area contributed by atoms with Gasteiger partial charge < -0.3 is 0 Å². The lowest BCUT2D eigenvalue weighted by Crippen LogP contribution is -2.25. The Kier molecular flexibility index (Phi) is 8.43. The molecule has 2 aliphatic carbocycles. The van der Waals surface area contributed by atoms with E-state index in [9.17, 15) is 0 Å². The fourth-order valence-corrected chi connectivity index (χ4v) is 11.2. The minimum absolute atomic E-state index is 0.488. The molecule has 0 saturated heterocycles. The molecule has 0 atom stereocenters. The molecule has 12 aromatic rings. The first-order valence-electron chi connectivity index (χ1n) is 23.1. The molecule has 0 radical (unpaired) electrons. The van der Waals surface area contributed by atoms with E-state index in [4.69, 9.17) is 20.1 Å². The summed E-state index contributed by atoms with van der Waals surface area (Å²) in [4.78, 5) is 15.9. The lowest BCUT2D eigenvalue weighted by molar-refractivity contribution is 0.794. The average molecular weight is 866 g/mol. The third-order valence-corrected chi connectivity index (χ3v) is 14.1. The predicted octanol–water partition coefficient (Wildman–Crippen LogP) is 15.0. The van der Waals surface area contributed by atoms with Gasteiger partial charge in [-0.1, -0.05) is 218 Å². The van der Waals surface area contributed by atoms with Crippen molar-refractivity contribution in [1.82, 2.24) is 24.6 Å². The van der Waals surface area contributed by atoms with Crippen LogP contribution >= 0.6 is 0 Å². The van der Waals surface area contributed by atoms with E-state index in [1.807, 2.05) is 18.2 Å². The Labute approximate surface area is 393 Å². The van der Waals surface area contributed by atoms with Crippen LogP contribution in [-0.4, -0.2) is 24.6 Å². The molecular weight excluding hydrogens is 827 g/mol. The number of hydrogen-bond donors (Lipinski definition) is 0. The zero-order chi connectivity index (χ0) is 44.8. The summed E-state index contributed by atoms with van der Waals surface area (Å²) in [6, 6.07) is 84.3. The molecule has 316 valence electrons. The van der Waals surface area contributed by atoms with Gasteiger partial charge in [0.2, 0.25) is 0 Å². The van der Waals surface area contributed by atoms with E-state index in [0.29, 0.717) is 17.5 Å². The Bertz CT molecular complexity index is 3910. The zero-order valence-corrected chi connectivity index (χ0v) is 36.8. The molecule has 0 bridgehead atoms. The summed E-state index contributed by atoms with van der Waals surface area (Å²) in [5.41, 5.74) is 19.6. The highest BCUT2D eigenvalue weighted by Gasteiger charge is 2.51. The zero-order valence-electron chi connectivity index (χ0n) is 36.8. The Balaban J connectivity index is 0.978. The molecule has 0 amide bonds. The van der Waals surface area contributed by atoms with Crippen molar-refractivity contribution in [3.05, 3.63) is 259 Å². The molecule has 14 rings (SSSR count). The lowest BCUT2D eigenvalue weighted by atomic mass is 9.70. The highest BCUT2D eigenvalue weighted by atomic mass is 15.2. The Morgan fingerprint density at radius 1 is 0.324 bits per heavy atom. The quantitative estimate of drug-likeness (QED) is 0.167. The molecule has 0 fully saturated rings. The summed E-state index contributed by atoms with van der Waals surface area (Å²) in [7, 11) is 0. The first-order chi connectivity index (χ1) is 33.7. The SMILES string of the molecule is c1ccc(-c2nc(-c3cccc(-c4nn5c(-c6ccccc6)cc6ccccc6c5c4-c4ccccc4)c3)nc(-c3ccc4c(c3)C3(c5ccccc5-c5ccccc53)c3ccccc3-4)n2)cc1. The summed E-state index contributed by atoms with van der Waals surface area (Å²) in [5, 5.41) is 7.83. The number of fused-ring (bicyclic) bond motifs is 13. The molecule has 0 saturated carbocycles. The van der Waals surface area contributed by atoms with Gasteiger partial charge in [-0.25, -0.2) is 19.5 Å². The van der Waals surface area contributed by atoms with E-state index in [0.717, 1.165) is 66.6 Å². The van der Waals surface area contributed by atoms with Gasteiger partial charge >= 0.3 is 0 Å². The molecule has 0 unspecified atom stereocenters. The second kappa shape index (κ2) is 15.0. The maximum absolute atomic E-state index is 5.53. The van der Waals surface area contributed by atoms with Crippen molar-refractivity contribution in [3.8, 4) is 90.1 Å². The third kappa shape index (κ3) is 5.63. The highest BCUT2D eigenvalue weighted by Crippen LogP contribution is 2.63. The number of benzene rings is 9. The van der Waals surface area contributed by atoms with E-state index in [1.165, 1.54) is 44.5 Å². The van der Waals surface area contributed by atoms with Gasteiger partial charge in [-0.3, -0.25) is 0 Å². The van der Waals surface area contributed by atoms with Crippen LogP contribution in [0.4, 0.5) is 0 Å². The maximum atomic E-state index is 5.53. The lowest BCUT2D eigenvalue weighted by Gasteiger charge is -2.30. The van der Waals surface area contributed by atoms with Gasteiger partial charge in [-0.15, -0.1) is 0 Å². The van der Waals surface area contributed by atoms with Crippen LogP contribution in [0.5, 0.6) is 0 Å². The summed E-state index contributed by atoms with van der Waals surface area (Å²) in [6.07, 6.45) is 0. The van der Waals surface area contributed by atoms with Crippen molar-refractivity contribution >= 4 is 16.3 Å². The summed E-state index contributed by atoms with van der Waals surface area (Å²) >= 11 is 0. The molecule has 2 aliphatic rings. The standard InChI is InChI=1S/C63H39N5/c1-4-19-40(20-5-1)56-39-43-25-10-11-28-47(43)59-57(41-21-6-2-7-22-41)58(67-68(56)59)44-26-18-27-45(37-44)61-64-60(42-23-8-3-9-24-42)65-62(66-61)46-35-36-51-50-31-14-17-34-54(50)63(55(51)38-46)52-32-15-12-29-48(52)49-30-13-16-33-53(49)63/h1-39H. The van der Waals surface area contributed by atoms with Crippen LogP contribution in [0, 0.1) is 0 Å². The Hall–Kier alpha value is -9.06. The van der Waals surface area contributed by atoms with Crippen LogP contribution in [0.25, 0.3) is 106 Å². The van der Waals surface area contributed by atoms with Crippen LogP contribution in [-0.2, 0) is 5.41 Å². The van der Waals surface area contributed by atoms with Crippen molar-refractivity contribution in [2.45, 2.75) is 5.41 Å². The highest BCUT2D eigenvalue weighted by molar-refractivity contribution is 6.08. The molecule has 3 heterocycles. The number of nitrogens with zero attached hydrogens (tertiary/aromatic N) is 5. The van der Waals surface area contributed by atoms with E-state index in [2.05, 4.69) is 223 Å². The molecule has 5 nitrogen and oxygen atoms in total. The topological polar surface area (TPSA) is 56.0 Å². The smallest absolute Gasteiger partial charge is 0.164 e. The predicted molar refractivity (Wildman–Crippen MR) is 275 cm³/mol. The van der Waals surface area contributed by atoms with Crippen LogP contribution in [0.2, 0.25) is 0 Å². The summed E-state index contributed by atoms with van der Waals surface area (Å²) in [6.45, 7) is 0. The van der Waals surface area contributed by atoms with Crippen LogP contribution in [0.1, 0.15) is 22.3 Å². The summed E-state index contributed by atoms with van der Waals surface area (Å²) in [5.74, 6) is 1.82. The molecule has 9 aromatic carbocycles. The van der Waals surface area contributed by atoms with Crippen LogP contribution < -0.4 is 0 Å². The second-order valence-electron chi connectivity index (χ2n) is 17.7. The van der Waals surface area contributed by atoms with Gasteiger partial charge in [0.05, 0.1) is 16.6 Å². The number of hydrogen-bond acceptors (Lipinski definition) is 4. The normalized spacial score (nSPS) is 12.8. The minimum Gasteiger partial charge on any atom is -0.231 e. The molecule has 0 N–H and O–H groups in total. The van der Waals surface area contributed by atoms with Crippen LogP contribution in [0.3, 0.4) is 0 Å². The molecular formula is C63H39N5. The van der Waals surface area contributed by atoms with Gasteiger partial charge in [0.25, 0.3) is 0 Å². The Morgan fingerprint density at radius 3 is 1.43 bits per heavy atom. The van der Waals surface area contributed by atoms with Crippen molar-refractivity contribution in [3.63, 3.8) is 0 Å². The number of pyridine rings is 1. The van der Waals surface area contributed by atoms with Gasteiger partial charge in [0, 0.05) is 38.8 Å². The molecule has 5 heteroatoms. The molecule has 0 aliphatic heterocycles. The van der Waals surface area contributed by atoms with E-state index < -0.39 is 5.41 Å². The van der Waals surface area contributed by atoms with Crippen molar-refractivity contribution in [1.29, 1.82) is 0 Å². The fraction of sp³-hybridized carbons (Fsp3) is 0.0159. The Morgan fingerprint density at radius 2 is 0.794 bits per heavy atom. The van der Waals surface area contributed by atoms with Crippen molar-refractivity contribution in [2.24, 2.45) is 0 Å². The first-order valence-corrected chi connectivity index (χ1v) is 23.1.